The van der Waals surface area contributed by atoms with Crippen LogP contribution >= 0.6 is 11.3 Å². The lowest BCUT2D eigenvalue weighted by atomic mass is 10.0. The van der Waals surface area contributed by atoms with Gasteiger partial charge in [-0.25, -0.2) is 9.99 Å². The quantitative estimate of drug-likeness (QED) is 0.335. The molecule has 206 valence electrons. The minimum absolute atomic E-state index is 0.133. The van der Waals surface area contributed by atoms with Crippen LogP contribution in [0.3, 0.4) is 0 Å². The Balaban J connectivity index is 1.05. The Bertz CT molecular complexity index is 1450. The summed E-state index contributed by atoms with van der Waals surface area (Å²) in [6.07, 6.45) is 5.32. The predicted octanol–water partition coefficient (Wildman–Crippen LogP) is 5.59. The second kappa shape index (κ2) is 11.2. The molecule has 0 saturated carbocycles. The molecule has 0 radical (unpaired) electrons. The highest BCUT2D eigenvalue weighted by atomic mass is 32.1. The molecule has 2 aromatic carbocycles. The maximum Gasteiger partial charge on any atom is 0.229 e. The summed E-state index contributed by atoms with van der Waals surface area (Å²) in [6.45, 7) is 7.03. The third-order valence-corrected chi connectivity index (χ3v) is 9.42. The molecule has 1 unspecified atom stereocenters. The highest BCUT2D eigenvalue weighted by molar-refractivity contribution is 7.17. The molecule has 0 bridgehead atoms. The Morgan fingerprint density at radius 3 is 2.40 bits per heavy atom. The molecular weight excluding hydrogens is 516 g/mol. The van der Waals surface area contributed by atoms with Gasteiger partial charge in [0.15, 0.2) is 5.82 Å². The Hall–Kier alpha value is -3.53. The van der Waals surface area contributed by atoms with E-state index in [9.17, 15) is 0 Å². The van der Waals surface area contributed by atoms with Gasteiger partial charge < -0.3 is 15.1 Å². The van der Waals surface area contributed by atoms with Crippen LogP contribution in [0.4, 0.5) is 23.1 Å². The van der Waals surface area contributed by atoms with Crippen LogP contribution in [-0.4, -0.2) is 78.3 Å². The van der Waals surface area contributed by atoms with Gasteiger partial charge in [0, 0.05) is 69.3 Å². The summed E-state index contributed by atoms with van der Waals surface area (Å²) in [5, 5.41) is 12.3. The van der Waals surface area contributed by atoms with Crippen molar-refractivity contribution in [2.45, 2.75) is 31.3 Å². The van der Waals surface area contributed by atoms with Gasteiger partial charge >= 0.3 is 0 Å². The fourth-order valence-electron chi connectivity index (χ4n) is 6.19. The van der Waals surface area contributed by atoms with Gasteiger partial charge in [0.2, 0.25) is 5.95 Å². The average Bonchev–Trinajstić information content (AvgIpc) is 3.69. The number of hydrazone groups is 1. The zero-order chi connectivity index (χ0) is 26.9. The number of hydrogen-bond donors (Lipinski definition) is 1. The number of benzene rings is 2. The van der Waals surface area contributed by atoms with E-state index in [1.807, 2.05) is 6.21 Å². The molecular formula is C31H36N8S. The Kier molecular flexibility index (Phi) is 7.09. The number of nitrogens with zero attached hydrogens (tertiary/aromatic N) is 7. The number of fused-ring (bicyclic) bond motifs is 1. The summed E-state index contributed by atoms with van der Waals surface area (Å²) in [4.78, 5) is 17.5. The SMILES string of the molecule is CN1CCN(C2CCN(c3ccc(Nc4nc(N5N=CCC5c5ccccc5)c5sccc5n4)cc3)CC2)CC1. The molecule has 1 N–H and O–H groups in total. The molecule has 3 aliphatic heterocycles. The van der Waals surface area contributed by atoms with Crippen LogP contribution in [-0.2, 0) is 0 Å². The van der Waals surface area contributed by atoms with Crippen molar-refractivity contribution in [2.24, 2.45) is 5.10 Å². The molecule has 9 heteroatoms. The van der Waals surface area contributed by atoms with Crippen molar-refractivity contribution in [3.8, 4) is 0 Å². The van der Waals surface area contributed by atoms with Gasteiger partial charge in [-0.2, -0.15) is 10.1 Å². The van der Waals surface area contributed by atoms with Crippen molar-refractivity contribution in [1.82, 2.24) is 19.8 Å². The van der Waals surface area contributed by atoms with Crippen molar-refractivity contribution >= 4 is 50.9 Å². The van der Waals surface area contributed by atoms with E-state index in [0.29, 0.717) is 5.95 Å². The second-order valence-electron chi connectivity index (χ2n) is 11.0. The van der Waals surface area contributed by atoms with Crippen molar-refractivity contribution < 1.29 is 0 Å². The number of aromatic nitrogens is 2. The third-order valence-electron chi connectivity index (χ3n) is 8.52. The summed E-state index contributed by atoms with van der Waals surface area (Å²) in [6, 6.07) is 22.2. The molecule has 2 aromatic heterocycles. The highest BCUT2D eigenvalue weighted by Gasteiger charge is 2.29. The zero-order valence-corrected chi connectivity index (χ0v) is 23.8. The molecule has 3 aliphatic rings. The number of hydrogen-bond acceptors (Lipinski definition) is 9. The predicted molar refractivity (Wildman–Crippen MR) is 166 cm³/mol. The van der Waals surface area contributed by atoms with E-state index in [2.05, 4.69) is 98.1 Å². The van der Waals surface area contributed by atoms with Gasteiger partial charge in [0.05, 0.1) is 16.3 Å². The Morgan fingerprint density at radius 2 is 1.62 bits per heavy atom. The van der Waals surface area contributed by atoms with Crippen LogP contribution in [0.5, 0.6) is 0 Å². The number of anilines is 4. The van der Waals surface area contributed by atoms with Gasteiger partial charge in [0.1, 0.15) is 0 Å². The highest BCUT2D eigenvalue weighted by Crippen LogP contribution is 2.38. The van der Waals surface area contributed by atoms with Gasteiger partial charge in [-0.3, -0.25) is 4.90 Å². The molecule has 2 fully saturated rings. The number of piperidine rings is 1. The van der Waals surface area contributed by atoms with Gasteiger partial charge in [-0.05, 0) is 61.2 Å². The van der Waals surface area contributed by atoms with Crippen molar-refractivity contribution in [2.75, 3.05) is 61.5 Å². The van der Waals surface area contributed by atoms with Crippen LogP contribution < -0.4 is 15.2 Å². The maximum atomic E-state index is 4.98. The molecule has 1 atom stereocenters. The largest absolute Gasteiger partial charge is 0.371 e. The van der Waals surface area contributed by atoms with E-state index in [-0.39, 0.29) is 6.04 Å². The topological polar surface area (TPSA) is 63.1 Å². The molecule has 5 heterocycles. The van der Waals surface area contributed by atoms with Crippen LogP contribution in [0.2, 0.25) is 0 Å². The fraction of sp³-hybridized carbons (Fsp3) is 0.387. The van der Waals surface area contributed by atoms with Crippen LogP contribution in [0.25, 0.3) is 10.2 Å². The standard InChI is InChI=1S/C31H36N8S/c1-36-18-20-38(21-19-36)26-12-16-37(17-13-26)25-9-7-24(8-10-25)33-31-34-27-14-22-40-29(27)30(35-31)39-28(11-15-32-39)23-5-3-2-4-6-23/h2-10,14-15,22,26,28H,11-13,16-21H2,1H3,(H,33,34,35). The fourth-order valence-corrected chi connectivity index (χ4v) is 7.00. The molecule has 4 aromatic rings. The molecule has 0 aliphatic carbocycles. The number of likely N-dealkylation sites (N-methyl/N-ethyl adjacent to an activating group) is 1. The van der Waals surface area contributed by atoms with Crippen LogP contribution in [0.1, 0.15) is 30.9 Å². The molecule has 40 heavy (non-hydrogen) atoms. The first kappa shape index (κ1) is 25.4. The maximum absolute atomic E-state index is 4.98. The summed E-state index contributed by atoms with van der Waals surface area (Å²) in [7, 11) is 2.23. The minimum atomic E-state index is 0.133. The summed E-state index contributed by atoms with van der Waals surface area (Å²) >= 11 is 1.66. The minimum Gasteiger partial charge on any atom is -0.371 e. The first-order valence-corrected chi connectivity index (χ1v) is 15.3. The lowest BCUT2D eigenvalue weighted by Crippen LogP contribution is -2.52. The van der Waals surface area contributed by atoms with Crippen molar-refractivity contribution in [1.29, 1.82) is 0 Å². The third kappa shape index (κ3) is 5.16. The lowest BCUT2D eigenvalue weighted by molar-refractivity contribution is 0.0982. The van der Waals surface area contributed by atoms with Crippen LogP contribution in [0.15, 0.2) is 71.1 Å². The molecule has 0 spiro atoms. The second-order valence-corrected chi connectivity index (χ2v) is 12.0. The van der Waals surface area contributed by atoms with Crippen molar-refractivity contribution in [3.63, 3.8) is 0 Å². The van der Waals surface area contributed by atoms with E-state index in [1.54, 1.807) is 11.3 Å². The monoisotopic (exact) mass is 552 g/mol. The van der Waals surface area contributed by atoms with E-state index < -0.39 is 0 Å². The van der Waals surface area contributed by atoms with E-state index in [1.165, 1.54) is 50.3 Å². The van der Waals surface area contributed by atoms with Gasteiger partial charge in [-0.1, -0.05) is 30.3 Å². The zero-order valence-electron chi connectivity index (χ0n) is 23.0. The number of thiophene rings is 1. The molecule has 0 amide bonds. The van der Waals surface area contributed by atoms with E-state index in [4.69, 9.17) is 15.1 Å². The average molecular weight is 553 g/mol. The van der Waals surface area contributed by atoms with Crippen molar-refractivity contribution in [3.05, 3.63) is 71.6 Å². The molecule has 8 nitrogen and oxygen atoms in total. The number of nitrogens with one attached hydrogen (secondary N) is 1. The molecule has 2 saturated heterocycles. The van der Waals surface area contributed by atoms with Crippen LogP contribution in [0, 0.1) is 0 Å². The Labute approximate surface area is 239 Å². The molecule has 7 rings (SSSR count). The Morgan fingerprint density at radius 1 is 0.850 bits per heavy atom. The van der Waals surface area contributed by atoms with Gasteiger partial charge in [-0.15, -0.1) is 11.3 Å². The normalized spacial score (nSPS) is 21.0. The first-order chi connectivity index (χ1) is 19.7. The number of piperazine rings is 1. The smallest absolute Gasteiger partial charge is 0.229 e. The van der Waals surface area contributed by atoms with E-state index in [0.717, 1.165) is 47.3 Å². The summed E-state index contributed by atoms with van der Waals surface area (Å²) < 4.78 is 1.06. The summed E-state index contributed by atoms with van der Waals surface area (Å²) in [5.74, 6) is 1.44. The van der Waals surface area contributed by atoms with Gasteiger partial charge in [0.25, 0.3) is 0 Å². The number of rotatable bonds is 6. The lowest BCUT2D eigenvalue weighted by Gasteiger charge is -2.42. The summed E-state index contributed by atoms with van der Waals surface area (Å²) in [5.41, 5.74) is 4.45. The van der Waals surface area contributed by atoms with E-state index >= 15 is 0 Å². The first-order valence-electron chi connectivity index (χ1n) is 14.4.